The van der Waals surface area contributed by atoms with Gasteiger partial charge < -0.3 is 4.90 Å². The van der Waals surface area contributed by atoms with Crippen molar-refractivity contribution in [3.63, 3.8) is 0 Å². The molecule has 2 aliphatic rings. The molecular formula is C24H24Cl2N2O2S. The van der Waals surface area contributed by atoms with Crippen LogP contribution >= 0.6 is 35.0 Å². The standard InChI is InChI=1S/C24H24Cl2N2O2S/c1-15-8-11-18(14-20(15)26)28-23(29)21(27(2)17-6-4-3-5-7-17)22(24(28)30)31-19-12-9-16(25)10-13-19/h8-14,17H,3-7H2,1-2H3. The van der Waals surface area contributed by atoms with E-state index in [0.29, 0.717) is 26.3 Å². The third-order valence-corrected chi connectivity index (χ3v) is 7.68. The Morgan fingerprint density at radius 2 is 1.65 bits per heavy atom. The van der Waals surface area contributed by atoms with Gasteiger partial charge >= 0.3 is 0 Å². The van der Waals surface area contributed by atoms with Crippen LogP contribution in [0.1, 0.15) is 37.7 Å². The highest BCUT2D eigenvalue weighted by atomic mass is 35.5. The second-order valence-corrected chi connectivity index (χ2v) is 9.94. The fraction of sp³-hybridized carbons (Fsp3) is 0.333. The Bertz CT molecular complexity index is 1050. The molecule has 162 valence electrons. The fourth-order valence-corrected chi connectivity index (χ4v) is 5.44. The average molecular weight is 475 g/mol. The van der Waals surface area contributed by atoms with Crippen LogP contribution in [0.25, 0.3) is 0 Å². The van der Waals surface area contributed by atoms with Gasteiger partial charge in [-0.25, -0.2) is 4.90 Å². The zero-order chi connectivity index (χ0) is 22.1. The molecule has 1 aliphatic carbocycles. The Hall–Kier alpha value is -1.95. The molecule has 0 spiro atoms. The summed E-state index contributed by atoms with van der Waals surface area (Å²) >= 11 is 13.6. The molecule has 2 aromatic carbocycles. The van der Waals surface area contributed by atoms with E-state index in [1.165, 1.54) is 23.1 Å². The van der Waals surface area contributed by atoms with E-state index in [-0.39, 0.29) is 17.9 Å². The number of imide groups is 1. The summed E-state index contributed by atoms with van der Waals surface area (Å²) in [4.78, 5) is 31.7. The normalized spacial score (nSPS) is 17.6. The highest BCUT2D eigenvalue weighted by Gasteiger charge is 2.43. The van der Waals surface area contributed by atoms with E-state index in [2.05, 4.69) is 0 Å². The molecule has 0 N–H and O–H groups in total. The van der Waals surface area contributed by atoms with Gasteiger partial charge in [-0.1, -0.05) is 60.3 Å². The lowest BCUT2D eigenvalue weighted by Crippen LogP contribution is -2.38. The third-order valence-electron chi connectivity index (χ3n) is 5.94. The molecule has 7 heteroatoms. The van der Waals surface area contributed by atoms with Crippen molar-refractivity contribution in [3.05, 3.63) is 68.7 Å². The number of benzene rings is 2. The van der Waals surface area contributed by atoms with Crippen molar-refractivity contribution in [2.24, 2.45) is 0 Å². The van der Waals surface area contributed by atoms with Gasteiger partial charge in [-0.3, -0.25) is 9.59 Å². The first-order valence-electron chi connectivity index (χ1n) is 10.4. The monoisotopic (exact) mass is 474 g/mol. The van der Waals surface area contributed by atoms with Gasteiger partial charge in [-0.2, -0.15) is 0 Å². The number of aryl methyl sites for hydroxylation is 1. The second kappa shape index (κ2) is 9.27. The SMILES string of the molecule is Cc1ccc(N2C(=O)C(Sc3ccc(Cl)cc3)=C(N(C)C3CCCCC3)C2=O)cc1Cl. The Morgan fingerprint density at radius 1 is 0.968 bits per heavy atom. The number of likely N-dealkylation sites (N-methyl/N-ethyl adjacent to an activating group) is 1. The number of amides is 2. The number of rotatable bonds is 5. The van der Waals surface area contributed by atoms with Crippen molar-refractivity contribution in [1.29, 1.82) is 0 Å². The van der Waals surface area contributed by atoms with Crippen molar-refractivity contribution < 1.29 is 9.59 Å². The summed E-state index contributed by atoms with van der Waals surface area (Å²) in [7, 11) is 1.94. The number of carbonyl (C=O) groups excluding carboxylic acids is 2. The average Bonchev–Trinajstić information content (AvgIpc) is 3.01. The Kier molecular flexibility index (Phi) is 6.65. The van der Waals surface area contributed by atoms with Crippen LogP contribution < -0.4 is 4.90 Å². The zero-order valence-electron chi connectivity index (χ0n) is 17.5. The molecule has 1 heterocycles. The summed E-state index contributed by atoms with van der Waals surface area (Å²) in [6.45, 7) is 1.89. The summed E-state index contributed by atoms with van der Waals surface area (Å²) in [5.41, 5.74) is 1.85. The maximum atomic E-state index is 13.6. The molecule has 0 aromatic heterocycles. The maximum absolute atomic E-state index is 13.6. The first-order valence-corrected chi connectivity index (χ1v) is 12.0. The van der Waals surface area contributed by atoms with Crippen LogP contribution in [0.5, 0.6) is 0 Å². The van der Waals surface area contributed by atoms with Gasteiger partial charge in [-0.05, 0) is 61.7 Å². The Balaban J connectivity index is 1.74. The van der Waals surface area contributed by atoms with E-state index < -0.39 is 0 Å². The van der Waals surface area contributed by atoms with Crippen LogP contribution in [0.2, 0.25) is 10.0 Å². The van der Waals surface area contributed by atoms with Crippen molar-refractivity contribution >= 4 is 52.5 Å². The van der Waals surface area contributed by atoms with Crippen LogP contribution in [0.3, 0.4) is 0 Å². The Morgan fingerprint density at radius 3 is 2.29 bits per heavy atom. The largest absolute Gasteiger partial charge is 0.366 e. The van der Waals surface area contributed by atoms with E-state index in [4.69, 9.17) is 23.2 Å². The molecule has 0 radical (unpaired) electrons. The van der Waals surface area contributed by atoms with Crippen LogP contribution in [0.4, 0.5) is 5.69 Å². The summed E-state index contributed by atoms with van der Waals surface area (Å²) < 4.78 is 0. The van der Waals surface area contributed by atoms with E-state index >= 15 is 0 Å². The van der Waals surface area contributed by atoms with Crippen LogP contribution in [0.15, 0.2) is 58.0 Å². The molecule has 0 saturated heterocycles. The predicted molar refractivity (Wildman–Crippen MR) is 128 cm³/mol. The predicted octanol–water partition coefficient (Wildman–Crippen LogP) is 6.44. The minimum Gasteiger partial charge on any atom is -0.366 e. The quantitative estimate of drug-likeness (QED) is 0.467. The first kappa shape index (κ1) is 22.3. The molecule has 31 heavy (non-hydrogen) atoms. The minimum absolute atomic E-state index is 0.253. The number of hydrogen-bond acceptors (Lipinski definition) is 4. The molecule has 2 amide bonds. The molecular weight excluding hydrogens is 451 g/mol. The van der Waals surface area contributed by atoms with E-state index in [9.17, 15) is 9.59 Å². The fourth-order valence-electron chi connectivity index (χ4n) is 4.13. The third kappa shape index (κ3) is 4.50. The topological polar surface area (TPSA) is 40.6 Å². The van der Waals surface area contributed by atoms with Crippen molar-refractivity contribution in [1.82, 2.24) is 4.90 Å². The lowest BCUT2D eigenvalue weighted by atomic mass is 9.94. The maximum Gasteiger partial charge on any atom is 0.283 e. The number of anilines is 1. The molecule has 2 aromatic rings. The zero-order valence-corrected chi connectivity index (χ0v) is 19.9. The summed E-state index contributed by atoms with van der Waals surface area (Å²) in [5.74, 6) is -0.614. The highest BCUT2D eigenvalue weighted by molar-refractivity contribution is 8.04. The number of thioether (sulfide) groups is 1. The molecule has 0 unspecified atom stereocenters. The smallest absolute Gasteiger partial charge is 0.283 e. The summed E-state index contributed by atoms with van der Waals surface area (Å²) in [5, 5.41) is 1.15. The molecule has 1 saturated carbocycles. The van der Waals surface area contributed by atoms with E-state index in [0.717, 1.165) is 36.1 Å². The van der Waals surface area contributed by atoms with Gasteiger partial charge in [0.1, 0.15) is 10.6 Å². The minimum atomic E-state index is -0.317. The number of hydrogen-bond donors (Lipinski definition) is 0. The molecule has 4 nitrogen and oxygen atoms in total. The summed E-state index contributed by atoms with van der Waals surface area (Å²) in [6.07, 6.45) is 5.55. The van der Waals surface area contributed by atoms with Gasteiger partial charge in [0, 0.05) is 28.0 Å². The number of nitrogens with zero attached hydrogens (tertiary/aromatic N) is 2. The first-order chi connectivity index (χ1) is 14.9. The van der Waals surface area contributed by atoms with Gasteiger partial charge in [0.2, 0.25) is 0 Å². The van der Waals surface area contributed by atoms with Gasteiger partial charge in [0.15, 0.2) is 0 Å². The van der Waals surface area contributed by atoms with Crippen LogP contribution in [-0.4, -0.2) is 29.8 Å². The highest BCUT2D eigenvalue weighted by Crippen LogP contribution is 2.40. The molecule has 0 atom stereocenters. The molecule has 4 rings (SSSR count). The molecule has 0 bridgehead atoms. The molecule has 1 fully saturated rings. The molecule has 1 aliphatic heterocycles. The van der Waals surface area contributed by atoms with Gasteiger partial charge in [0.25, 0.3) is 11.8 Å². The van der Waals surface area contributed by atoms with Crippen LogP contribution in [-0.2, 0) is 9.59 Å². The van der Waals surface area contributed by atoms with Crippen molar-refractivity contribution in [2.75, 3.05) is 11.9 Å². The lowest BCUT2D eigenvalue weighted by Gasteiger charge is -2.33. The van der Waals surface area contributed by atoms with Gasteiger partial charge in [-0.15, -0.1) is 0 Å². The van der Waals surface area contributed by atoms with E-state index in [1.807, 2.05) is 37.1 Å². The van der Waals surface area contributed by atoms with Crippen molar-refractivity contribution in [2.45, 2.75) is 50.0 Å². The van der Waals surface area contributed by atoms with Gasteiger partial charge in [0.05, 0.1) is 5.69 Å². The number of halogens is 2. The lowest BCUT2D eigenvalue weighted by molar-refractivity contribution is -0.121. The van der Waals surface area contributed by atoms with E-state index in [1.54, 1.807) is 24.3 Å². The Labute approximate surface area is 197 Å². The number of carbonyl (C=O) groups is 2. The van der Waals surface area contributed by atoms with Crippen LogP contribution in [0, 0.1) is 6.92 Å². The second-order valence-electron chi connectivity index (χ2n) is 8.02. The summed E-state index contributed by atoms with van der Waals surface area (Å²) in [6, 6.07) is 12.8. The van der Waals surface area contributed by atoms with Crippen molar-refractivity contribution in [3.8, 4) is 0 Å².